The lowest BCUT2D eigenvalue weighted by Crippen LogP contribution is -2.42. The van der Waals surface area contributed by atoms with Gasteiger partial charge < -0.3 is 9.64 Å². The molecule has 0 aromatic carbocycles. The fraction of sp³-hybridized carbons (Fsp3) is 0.500. The predicted octanol–water partition coefficient (Wildman–Crippen LogP) is 1.36. The quantitative estimate of drug-likeness (QED) is 0.833. The summed E-state index contributed by atoms with van der Waals surface area (Å²) in [6.45, 7) is 4.35. The van der Waals surface area contributed by atoms with Gasteiger partial charge in [0.05, 0.1) is 13.2 Å². The zero-order valence-electron chi connectivity index (χ0n) is 13.3. The maximum absolute atomic E-state index is 12.4. The van der Waals surface area contributed by atoms with Gasteiger partial charge in [-0.05, 0) is 25.5 Å². The summed E-state index contributed by atoms with van der Waals surface area (Å²) in [5, 5.41) is 4.14. The first-order valence-electron chi connectivity index (χ1n) is 7.89. The predicted molar refractivity (Wildman–Crippen MR) is 83.5 cm³/mol. The molecule has 1 aliphatic rings. The average molecular weight is 315 g/mol. The summed E-state index contributed by atoms with van der Waals surface area (Å²) in [6, 6.07) is 3.74. The first kappa shape index (κ1) is 15.6. The SMILES string of the molecule is Cc1ccnc(C2CN(C(=O)CCCn3cccn3)CCO2)n1. The van der Waals surface area contributed by atoms with Crippen molar-refractivity contribution < 1.29 is 9.53 Å². The van der Waals surface area contributed by atoms with Crippen molar-refractivity contribution in [3.05, 3.63) is 42.2 Å². The van der Waals surface area contributed by atoms with Gasteiger partial charge in [0, 0.05) is 43.8 Å². The zero-order valence-corrected chi connectivity index (χ0v) is 13.3. The van der Waals surface area contributed by atoms with E-state index in [1.165, 1.54) is 0 Å². The summed E-state index contributed by atoms with van der Waals surface area (Å²) < 4.78 is 7.57. The molecule has 23 heavy (non-hydrogen) atoms. The van der Waals surface area contributed by atoms with Crippen molar-refractivity contribution in [1.29, 1.82) is 0 Å². The van der Waals surface area contributed by atoms with E-state index in [-0.39, 0.29) is 12.0 Å². The van der Waals surface area contributed by atoms with Crippen molar-refractivity contribution in [1.82, 2.24) is 24.6 Å². The number of carbonyl (C=O) groups is 1. The molecule has 7 heteroatoms. The van der Waals surface area contributed by atoms with E-state index in [0.717, 1.165) is 18.7 Å². The fourth-order valence-corrected chi connectivity index (χ4v) is 2.64. The molecule has 0 bridgehead atoms. The van der Waals surface area contributed by atoms with Crippen molar-refractivity contribution in [2.24, 2.45) is 0 Å². The highest BCUT2D eigenvalue weighted by molar-refractivity contribution is 5.76. The number of hydrogen-bond acceptors (Lipinski definition) is 5. The van der Waals surface area contributed by atoms with Gasteiger partial charge in [0.1, 0.15) is 6.10 Å². The number of rotatable bonds is 5. The standard InChI is InChI=1S/C16H21N5O2/c1-13-5-7-17-16(19-13)14-12-20(10-11-23-14)15(22)4-2-8-21-9-3-6-18-21/h3,5-7,9,14H,2,4,8,10-12H2,1H3. The highest BCUT2D eigenvalue weighted by Crippen LogP contribution is 2.19. The van der Waals surface area contributed by atoms with Crippen LogP contribution in [0.1, 0.15) is 30.5 Å². The highest BCUT2D eigenvalue weighted by atomic mass is 16.5. The van der Waals surface area contributed by atoms with Gasteiger partial charge >= 0.3 is 0 Å². The Labute approximate surface area is 135 Å². The Bertz CT molecular complexity index is 644. The van der Waals surface area contributed by atoms with E-state index in [1.807, 2.05) is 34.8 Å². The van der Waals surface area contributed by atoms with Gasteiger partial charge in [0.15, 0.2) is 5.82 Å². The maximum Gasteiger partial charge on any atom is 0.222 e. The molecule has 1 fully saturated rings. The van der Waals surface area contributed by atoms with Crippen molar-refractivity contribution in [2.45, 2.75) is 32.4 Å². The van der Waals surface area contributed by atoms with E-state index >= 15 is 0 Å². The van der Waals surface area contributed by atoms with Crippen molar-refractivity contribution in [2.75, 3.05) is 19.7 Å². The Hall–Kier alpha value is -2.28. The molecule has 7 nitrogen and oxygen atoms in total. The lowest BCUT2D eigenvalue weighted by atomic mass is 10.2. The zero-order chi connectivity index (χ0) is 16.1. The van der Waals surface area contributed by atoms with Crippen LogP contribution in [0.5, 0.6) is 0 Å². The number of carbonyl (C=O) groups excluding carboxylic acids is 1. The first-order valence-corrected chi connectivity index (χ1v) is 7.89. The van der Waals surface area contributed by atoms with Crippen LogP contribution in [0.2, 0.25) is 0 Å². The Morgan fingerprint density at radius 3 is 3.13 bits per heavy atom. The third-order valence-electron chi connectivity index (χ3n) is 3.86. The topological polar surface area (TPSA) is 73.1 Å². The Kier molecular flexibility index (Phi) is 4.97. The van der Waals surface area contributed by atoms with Gasteiger partial charge in [-0.25, -0.2) is 9.97 Å². The molecule has 3 rings (SSSR count). The Morgan fingerprint density at radius 2 is 2.35 bits per heavy atom. The summed E-state index contributed by atoms with van der Waals surface area (Å²) in [6.07, 6.45) is 6.44. The van der Waals surface area contributed by atoms with Gasteiger partial charge in [-0.15, -0.1) is 0 Å². The van der Waals surface area contributed by atoms with Gasteiger partial charge in [-0.1, -0.05) is 0 Å². The molecular formula is C16H21N5O2. The van der Waals surface area contributed by atoms with E-state index in [4.69, 9.17) is 4.74 Å². The van der Waals surface area contributed by atoms with Gasteiger partial charge in [-0.2, -0.15) is 5.10 Å². The summed E-state index contributed by atoms with van der Waals surface area (Å²) in [5.41, 5.74) is 0.904. The molecule has 0 radical (unpaired) electrons. The highest BCUT2D eigenvalue weighted by Gasteiger charge is 2.26. The minimum absolute atomic E-state index is 0.151. The van der Waals surface area contributed by atoms with Crippen LogP contribution < -0.4 is 0 Å². The molecule has 0 saturated carbocycles. The van der Waals surface area contributed by atoms with Crippen LogP contribution in [0.15, 0.2) is 30.7 Å². The molecule has 3 heterocycles. The second-order valence-corrected chi connectivity index (χ2v) is 5.63. The lowest BCUT2D eigenvalue weighted by molar-refractivity contribution is -0.139. The second-order valence-electron chi connectivity index (χ2n) is 5.63. The molecule has 1 aliphatic heterocycles. The molecule has 0 aliphatic carbocycles. The molecule has 1 saturated heterocycles. The van der Waals surface area contributed by atoms with Crippen LogP contribution >= 0.6 is 0 Å². The normalized spacial score (nSPS) is 18.1. The van der Waals surface area contributed by atoms with Crippen LogP contribution in [-0.2, 0) is 16.1 Å². The maximum atomic E-state index is 12.4. The first-order chi connectivity index (χ1) is 11.2. The Morgan fingerprint density at radius 1 is 1.43 bits per heavy atom. The van der Waals surface area contributed by atoms with E-state index in [2.05, 4.69) is 15.1 Å². The van der Waals surface area contributed by atoms with Gasteiger partial charge in [-0.3, -0.25) is 9.48 Å². The largest absolute Gasteiger partial charge is 0.367 e. The van der Waals surface area contributed by atoms with Crippen LogP contribution in [0.25, 0.3) is 0 Å². The van der Waals surface area contributed by atoms with Crippen molar-refractivity contribution in [3.8, 4) is 0 Å². The molecule has 1 atom stereocenters. The monoisotopic (exact) mass is 315 g/mol. The molecule has 2 aromatic heterocycles. The Balaban J connectivity index is 1.52. The van der Waals surface area contributed by atoms with E-state index in [0.29, 0.717) is 31.9 Å². The number of nitrogens with zero attached hydrogens (tertiary/aromatic N) is 5. The third kappa shape index (κ3) is 4.13. The van der Waals surface area contributed by atoms with Gasteiger partial charge in [0.2, 0.25) is 5.91 Å². The second kappa shape index (κ2) is 7.32. The van der Waals surface area contributed by atoms with Crippen LogP contribution in [0.3, 0.4) is 0 Å². The number of hydrogen-bond donors (Lipinski definition) is 0. The molecule has 0 N–H and O–H groups in total. The van der Waals surface area contributed by atoms with Crippen LogP contribution in [0.4, 0.5) is 0 Å². The molecule has 122 valence electrons. The van der Waals surface area contributed by atoms with Crippen molar-refractivity contribution in [3.63, 3.8) is 0 Å². The minimum Gasteiger partial charge on any atom is -0.367 e. The van der Waals surface area contributed by atoms with Gasteiger partial charge in [0.25, 0.3) is 0 Å². The van der Waals surface area contributed by atoms with Crippen LogP contribution in [0, 0.1) is 6.92 Å². The molecule has 0 spiro atoms. The molecular weight excluding hydrogens is 294 g/mol. The third-order valence-corrected chi connectivity index (χ3v) is 3.86. The summed E-state index contributed by atoms with van der Waals surface area (Å²) >= 11 is 0. The lowest BCUT2D eigenvalue weighted by Gasteiger charge is -2.32. The van der Waals surface area contributed by atoms with E-state index < -0.39 is 0 Å². The average Bonchev–Trinajstić information content (AvgIpc) is 3.08. The molecule has 1 amide bonds. The summed E-state index contributed by atoms with van der Waals surface area (Å²) in [7, 11) is 0. The van der Waals surface area contributed by atoms with E-state index in [1.54, 1.807) is 12.4 Å². The molecule has 1 unspecified atom stereocenters. The summed E-state index contributed by atoms with van der Waals surface area (Å²) in [5.74, 6) is 0.803. The fourth-order valence-electron chi connectivity index (χ4n) is 2.64. The number of aromatic nitrogens is 4. The minimum atomic E-state index is -0.237. The van der Waals surface area contributed by atoms with Crippen LogP contribution in [-0.4, -0.2) is 50.3 Å². The number of aryl methyl sites for hydroxylation is 2. The molecule has 2 aromatic rings. The van der Waals surface area contributed by atoms with Crippen molar-refractivity contribution >= 4 is 5.91 Å². The summed E-state index contributed by atoms with van der Waals surface area (Å²) in [4.78, 5) is 22.9. The number of morpholine rings is 1. The van der Waals surface area contributed by atoms with E-state index in [9.17, 15) is 4.79 Å². The smallest absolute Gasteiger partial charge is 0.222 e. The number of ether oxygens (including phenoxy) is 1. The number of amides is 1.